The monoisotopic (exact) mass is 378 g/mol. The summed E-state index contributed by atoms with van der Waals surface area (Å²) in [6.07, 6.45) is -3.00. The lowest BCUT2D eigenvalue weighted by Gasteiger charge is -2.17. The van der Waals surface area contributed by atoms with Crippen molar-refractivity contribution in [3.63, 3.8) is 0 Å². The molecule has 0 saturated heterocycles. The predicted molar refractivity (Wildman–Crippen MR) is 79.6 cm³/mol. The molecule has 1 unspecified atom stereocenters. The highest BCUT2D eigenvalue weighted by Crippen LogP contribution is 2.36. The standard InChI is InChI=1S/C12H14ClF3N2O2S.ClH/c13-10-4-3-8(5-9(10)12(14,15)16)21(19,20)18-11(6-17)7-1-2-7;/h3-5,7,11,18H,1-2,6,17H2;1H. The number of alkyl halides is 3. The van der Waals surface area contributed by atoms with Crippen LogP contribution in [-0.2, 0) is 16.2 Å². The summed E-state index contributed by atoms with van der Waals surface area (Å²) in [5, 5.41) is -0.543. The van der Waals surface area contributed by atoms with E-state index in [0.717, 1.165) is 25.0 Å². The Labute approximate surface area is 137 Å². The van der Waals surface area contributed by atoms with Gasteiger partial charge in [-0.2, -0.15) is 13.2 Å². The van der Waals surface area contributed by atoms with Crippen molar-refractivity contribution in [2.24, 2.45) is 11.7 Å². The van der Waals surface area contributed by atoms with Gasteiger partial charge in [0, 0.05) is 12.6 Å². The van der Waals surface area contributed by atoms with E-state index in [9.17, 15) is 21.6 Å². The molecule has 1 aliphatic rings. The summed E-state index contributed by atoms with van der Waals surface area (Å²) in [7, 11) is -4.06. The maximum Gasteiger partial charge on any atom is 0.417 e. The highest BCUT2D eigenvalue weighted by atomic mass is 35.5. The fraction of sp³-hybridized carbons (Fsp3) is 0.500. The van der Waals surface area contributed by atoms with E-state index < -0.39 is 37.7 Å². The van der Waals surface area contributed by atoms with Gasteiger partial charge in [0.2, 0.25) is 10.0 Å². The van der Waals surface area contributed by atoms with Gasteiger partial charge in [0.1, 0.15) is 0 Å². The topological polar surface area (TPSA) is 72.2 Å². The molecule has 0 aliphatic heterocycles. The fourth-order valence-corrected chi connectivity index (χ4v) is 3.56. The maximum atomic E-state index is 12.8. The quantitative estimate of drug-likeness (QED) is 0.827. The van der Waals surface area contributed by atoms with Crippen LogP contribution in [0.5, 0.6) is 0 Å². The van der Waals surface area contributed by atoms with Gasteiger partial charge in [-0.3, -0.25) is 0 Å². The SMILES string of the molecule is Cl.NCC(NS(=O)(=O)c1ccc(Cl)c(C(F)(F)F)c1)C1CC1. The van der Waals surface area contributed by atoms with E-state index >= 15 is 0 Å². The zero-order valence-corrected chi connectivity index (χ0v) is 13.6. The minimum absolute atomic E-state index is 0. The summed E-state index contributed by atoms with van der Waals surface area (Å²) in [5.74, 6) is 0.152. The Hall–Kier alpha value is -0.540. The molecule has 22 heavy (non-hydrogen) atoms. The molecule has 1 aromatic rings. The molecule has 0 spiro atoms. The molecule has 3 N–H and O–H groups in total. The number of sulfonamides is 1. The second-order valence-corrected chi connectivity index (χ2v) is 7.06. The van der Waals surface area contributed by atoms with Gasteiger partial charge in [0.25, 0.3) is 0 Å². The third-order valence-corrected chi connectivity index (χ3v) is 5.12. The molecule has 1 atom stereocenters. The first kappa shape index (κ1) is 19.5. The lowest BCUT2D eigenvalue weighted by molar-refractivity contribution is -0.137. The van der Waals surface area contributed by atoms with Crippen molar-refractivity contribution < 1.29 is 21.6 Å². The molecule has 1 saturated carbocycles. The first-order chi connectivity index (χ1) is 9.65. The molecule has 0 bridgehead atoms. The van der Waals surface area contributed by atoms with Crippen LogP contribution in [0.3, 0.4) is 0 Å². The Bertz CT molecular complexity index is 634. The molecule has 1 fully saturated rings. The highest BCUT2D eigenvalue weighted by molar-refractivity contribution is 7.89. The van der Waals surface area contributed by atoms with Crippen LogP contribution in [0.1, 0.15) is 18.4 Å². The average molecular weight is 379 g/mol. The van der Waals surface area contributed by atoms with Crippen LogP contribution in [-0.4, -0.2) is 21.0 Å². The van der Waals surface area contributed by atoms with E-state index in [-0.39, 0.29) is 24.9 Å². The number of halogens is 5. The van der Waals surface area contributed by atoms with E-state index in [2.05, 4.69) is 4.72 Å². The lowest BCUT2D eigenvalue weighted by atomic mass is 10.2. The molecule has 126 valence electrons. The van der Waals surface area contributed by atoms with Gasteiger partial charge in [-0.15, -0.1) is 12.4 Å². The van der Waals surface area contributed by atoms with Gasteiger partial charge in [-0.25, -0.2) is 13.1 Å². The Kier molecular flexibility index (Phi) is 6.14. The van der Waals surface area contributed by atoms with Gasteiger partial charge in [-0.1, -0.05) is 11.6 Å². The van der Waals surface area contributed by atoms with Gasteiger partial charge in [0.05, 0.1) is 15.5 Å². The molecule has 1 aliphatic carbocycles. The summed E-state index contributed by atoms with van der Waals surface area (Å²) in [6, 6.07) is 2.04. The number of nitrogens with two attached hydrogens (primary N) is 1. The van der Waals surface area contributed by atoms with Crippen LogP contribution in [0.2, 0.25) is 5.02 Å². The van der Waals surface area contributed by atoms with E-state index in [1.54, 1.807) is 0 Å². The third-order valence-electron chi connectivity index (χ3n) is 3.31. The largest absolute Gasteiger partial charge is 0.417 e. The molecular formula is C12H15Cl2F3N2O2S. The second-order valence-electron chi connectivity index (χ2n) is 4.94. The first-order valence-corrected chi connectivity index (χ1v) is 8.10. The van der Waals surface area contributed by atoms with Crippen LogP contribution in [0.15, 0.2) is 23.1 Å². The van der Waals surface area contributed by atoms with E-state index in [1.807, 2.05) is 0 Å². The number of benzene rings is 1. The van der Waals surface area contributed by atoms with Crippen molar-refractivity contribution in [3.8, 4) is 0 Å². The number of rotatable bonds is 5. The molecule has 0 aromatic heterocycles. The third kappa shape index (κ3) is 4.48. The smallest absolute Gasteiger partial charge is 0.329 e. The first-order valence-electron chi connectivity index (χ1n) is 6.24. The minimum atomic E-state index is -4.72. The van der Waals surface area contributed by atoms with E-state index in [0.29, 0.717) is 6.07 Å². The Morgan fingerprint density at radius 1 is 1.36 bits per heavy atom. The van der Waals surface area contributed by atoms with Crippen molar-refractivity contribution in [1.29, 1.82) is 0 Å². The van der Waals surface area contributed by atoms with Crippen molar-refractivity contribution in [2.45, 2.75) is 30.0 Å². The van der Waals surface area contributed by atoms with Crippen LogP contribution >= 0.6 is 24.0 Å². The molecule has 4 nitrogen and oxygen atoms in total. The Balaban J connectivity index is 0.00000242. The van der Waals surface area contributed by atoms with E-state index in [1.165, 1.54) is 0 Å². The summed E-state index contributed by atoms with van der Waals surface area (Å²) in [6.45, 7) is 0.101. The van der Waals surface area contributed by atoms with E-state index in [4.69, 9.17) is 17.3 Å². The van der Waals surface area contributed by atoms with Crippen LogP contribution in [0, 0.1) is 5.92 Å². The molecule has 0 radical (unpaired) electrons. The van der Waals surface area contributed by atoms with Crippen LogP contribution in [0.25, 0.3) is 0 Å². The van der Waals surface area contributed by atoms with Gasteiger partial charge < -0.3 is 5.73 Å². The van der Waals surface area contributed by atoms with Crippen molar-refractivity contribution >= 4 is 34.0 Å². The molecule has 0 heterocycles. The summed E-state index contributed by atoms with van der Waals surface area (Å²) in [5.41, 5.74) is 4.32. The fourth-order valence-electron chi connectivity index (χ4n) is 1.99. The number of nitrogens with one attached hydrogen (secondary N) is 1. The van der Waals surface area contributed by atoms with Crippen molar-refractivity contribution in [3.05, 3.63) is 28.8 Å². The Morgan fingerprint density at radius 3 is 2.41 bits per heavy atom. The average Bonchev–Trinajstić information content (AvgIpc) is 3.19. The summed E-state index contributed by atoms with van der Waals surface area (Å²) < 4.78 is 64.9. The highest BCUT2D eigenvalue weighted by Gasteiger charge is 2.36. The second kappa shape index (κ2) is 6.92. The van der Waals surface area contributed by atoms with Crippen molar-refractivity contribution in [1.82, 2.24) is 4.72 Å². The van der Waals surface area contributed by atoms with Gasteiger partial charge in [0.15, 0.2) is 0 Å². The van der Waals surface area contributed by atoms with Crippen LogP contribution < -0.4 is 10.5 Å². The predicted octanol–water partition coefficient (Wildman–Crippen LogP) is 2.80. The minimum Gasteiger partial charge on any atom is -0.329 e. The zero-order valence-electron chi connectivity index (χ0n) is 11.2. The van der Waals surface area contributed by atoms with Crippen LogP contribution in [0.4, 0.5) is 13.2 Å². The molecule has 0 amide bonds. The number of hydrogen-bond acceptors (Lipinski definition) is 3. The van der Waals surface area contributed by atoms with Gasteiger partial charge >= 0.3 is 6.18 Å². The molecular weight excluding hydrogens is 364 g/mol. The maximum absolute atomic E-state index is 12.8. The molecule has 10 heteroatoms. The molecule has 2 rings (SSSR count). The van der Waals surface area contributed by atoms with Gasteiger partial charge in [-0.05, 0) is 37.0 Å². The van der Waals surface area contributed by atoms with Crippen molar-refractivity contribution in [2.75, 3.05) is 6.54 Å². The summed E-state index contributed by atoms with van der Waals surface area (Å²) >= 11 is 5.47. The molecule has 1 aromatic carbocycles. The number of hydrogen-bond donors (Lipinski definition) is 2. The Morgan fingerprint density at radius 2 is 1.95 bits per heavy atom. The normalized spacial score (nSPS) is 17.0. The summed E-state index contributed by atoms with van der Waals surface area (Å²) in [4.78, 5) is -0.474. The lowest BCUT2D eigenvalue weighted by Crippen LogP contribution is -2.41. The zero-order chi connectivity index (χ0) is 15.8.